The third-order valence-electron chi connectivity index (χ3n) is 6.32. The van der Waals surface area contributed by atoms with Crippen LogP contribution < -0.4 is 5.73 Å². The monoisotopic (exact) mass is 390 g/mol. The Morgan fingerprint density at radius 1 is 1.00 bits per heavy atom. The maximum atomic E-state index is 13.5. The van der Waals surface area contributed by atoms with Gasteiger partial charge in [-0.25, -0.2) is 0 Å². The lowest BCUT2D eigenvalue weighted by atomic mass is 9.82. The smallest absolute Gasteiger partial charge is 0.0330 e. The van der Waals surface area contributed by atoms with Gasteiger partial charge in [-0.1, -0.05) is 66.2 Å². The number of halogens is 1. The van der Waals surface area contributed by atoms with Gasteiger partial charge in [0.2, 0.25) is 0 Å². The molecule has 0 saturated heterocycles. The number of fused-ring (bicyclic) bond motifs is 1. The maximum absolute atomic E-state index is 13.5. The van der Waals surface area contributed by atoms with Crippen LogP contribution in [0.15, 0.2) is 66.2 Å². The summed E-state index contributed by atoms with van der Waals surface area (Å²) in [6.45, 7) is 2.71. The Bertz CT molecular complexity index is 883. The Balaban J connectivity index is 1.71. The van der Waals surface area contributed by atoms with E-state index in [0.29, 0.717) is 19.0 Å². The van der Waals surface area contributed by atoms with Crippen molar-refractivity contribution < 1.29 is 4.48 Å². The summed E-state index contributed by atoms with van der Waals surface area (Å²) >= 11 is 0. The molecule has 2 nitrogen and oxygen atoms in total. The molecule has 4 rings (SSSR count). The largest absolute Gasteiger partial charge is 0.324 e. The van der Waals surface area contributed by atoms with Crippen LogP contribution in [0.3, 0.4) is 0 Å². The van der Waals surface area contributed by atoms with Crippen LogP contribution in [-0.4, -0.2) is 24.3 Å². The zero-order valence-electron chi connectivity index (χ0n) is 17.3. The molecule has 2 aromatic carbocycles. The molecule has 0 radical (unpaired) electrons. The maximum Gasteiger partial charge on any atom is 0.0330 e. The molecule has 0 bridgehead atoms. The van der Waals surface area contributed by atoms with E-state index in [1.165, 1.54) is 39.8 Å². The lowest BCUT2D eigenvalue weighted by Crippen LogP contribution is -2.16. The molecular weight excluding hydrogens is 359 g/mol. The van der Waals surface area contributed by atoms with Crippen molar-refractivity contribution in [2.45, 2.75) is 45.1 Å². The van der Waals surface area contributed by atoms with Gasteiger partial charge in [0.1, 0.15) is 0 Å². The van der Waals surface area contributed by atoms with Crippen LogP contribution in [0.5, 0.6) is 0 Å². The standard InChI is InChI=1S/C26H31FN2/c1-2-29(27)16-15-19-11-13-21(14-12-19)26-24(20-7-4-3-5-8-20)10-6-9-22-17-23(28)18-25(22)26/h3-5,7-8,11-14,17,23,25H,2,6,9-10,15-16,18,28H2,1H3. The predicted molar refractivity (Wildman–Crippen MR) is 120 cm³/mol. The van der Waals surface area contributed by atoms with E-state index in [1.807, 2.05) is 6.92 Å². The summed E-state index contributed by atoms with van der Waals surface area (Å²) in [5.41, 5.74) is 14.5. The highest BCUT2D eigenvalue weighted by Crippen LogP contribution is 2.47. The summed E-state index contributed by atoms with van der Waals surface area (Å²) < 4.78 is 13.5. The van der Waals surface area contributed by atoms with Crippen LogP contribution in [0.25, 0.3) is 11.1 Å². The molecule has 0 heterocycles. The predicted octanol–water partition coefficient (Wildman–Crippen LogP) is 5.80. The van der Waals surface area contributed by atoms with E-state index in [-0.39, 0.29) is 6.04 Å². The molecule has 0 aliphatic heterocycles. The van der Waals surface area contributed by atoms with Crippen LogP contribution in [0.1, 0.15) is 49.3 Å². The number of hydrogen-bond donors (Lipinski definition) is 1. The van der Waals surface area contributed by atoms with Crippen molar-refractivity contribution in [3.8, 4) is 0 Å². The molecule has 2 atom stereocenters. The molecule has 29 heavy (non-hydrogen) atoms. The lowest BCUT2D eigenvalue weighted by molar-refractivity contribution is 0.0335. The lowest BCUT2D eigenvalue weighted by Gasteiger charge is -2.22. The third-order valence-corrected chi connectivity index (χ3v) is 6.32. The first-order chi connectivity index (χ1) is 14.2. The van der Waals surface area contributed by atoms with E-state index in [0.717, 1.165) is 30.8 Å². The van der Waals surface area contributed by atoms with Crippen LogP contribution >= 0.6 is 0 Å². The second-order valence-corrected chi connectivity index (χ2v) is 8.25. The van der Waals surface area contributed by atoms with Gasteiger partial charge < -0.3 is 5.73 Å². The Kier molecular flexibility index (Phi) is 6.27. The quantitative estimate of drug-likeness (QED) is 0.499. The van der Waals surface area contributed by atoms with Crippen molar-refractivity contribution in [3.05, 3.63) is 82.9 Å². The number of benzene rings is 2. The summed E-state index contributed by atoms with van der Waals surface area (Å²) in [4.78, 5) is 0. The van der Waals surface area contributed by atoms with Crippen molar-refractivity contribution in [2.24, 2.45) is 11.7 Å². The molecule has 2 aromatic rings. The SMILES string of the molecule is CCN(F)CCc1ccc(C2=C(c3ccccc3)CCCC3=CC(N)CC32)cc1. The van der Waals surface area contributed by atoms with Gasteiger partial charge in [0, 0.05) is 25.0 Å². The van der Waals surface area contributed by atoms with Crippen LogP contribution in [-0.2, 0) is 6.42 Å². The Hall–Kier alpha value is -2.23. The minimum atomic E-state index is 0.156. The average Bonchev–Trinajstić information content (AvgIpc) is 3.03. The molecule has 152 valence electrons. The van der Waals surface area contributed by atoms with Crippen molar-refractivity contribution in [1.82, 2.24) is 5.12 Å². The normalized spacial score (nSPS) is 21.9. The molecule has 2 aliphatic carbocycles. The first-order valence-electron chi connectivity index (χ1n) is 10.9. The fourth-order valence-corrected chi connectivity index (χ4v) is 4.83. The number of rotatable bonds is 6. The highest BCUT2D eigenvalue weighted by molar-refractivity contribution is 5.93. The van der Waals surface area contributed by atoms with Gasteiger partial charge in [-0.2, -0.15) is 0 Å². The summed E-state index contributed by atoms with van der Waals surface area (Å²) in [5, 5.41) is 0.867. The van der Waals surface area contributed by atoms with Crippen molar-refractivity contribution >= 4 is 11.1 Å². The van der Waals surface area contributed by atoms with E-state index >= 15 is 0 Å². The topological polar surface area (TPSA) is 29.3 Å². The van der Waals surface area contributed by atoms with E-state index in [1.54, 1.807) is 0 Å². The van der Waals surface area contributed by atoms with Gasteiger partial charge in [0.05, 0.1) is 0 Å². The molecular formula is C26H31FN2. The van der Waals surface area contributed by atoms with Gasteiger partial charge >= 0.3 is 0 Å². The number of nitrogens with two attached hydrogens (primary N) is 1. The van der Waals surface area contributed by atoms with E-state index in [2.05, 4.69) is 60.7 Å². The van der Waals surface area contributed by atoms with Gasteiger partial charge in [0.15, 0.2) is 0 Å². The fourth-order valence-electron chi connectivity index (χ4n) is 4.83. The van der Waals surface area contributed by atoms with Crippen molar-refractivity contribution in [1.29, 1.82) is 0 Å². The fraction of sp³-hybridized carbons (Fsp3) is 0.385. The summed E-state index contributed by atoms with van der Waals surface area (Å²) in [6.07, 6.45) is 7.43. The number of hydrogen-bond acceptors (Lipinski definition) is 2. The summed E-state index contributed by atoms with van der Waals surface area (Å²) in [6, 6.07) is 19.7. The molecule has 2 N–H and O–H groups in total. The summed E-state index contributed by atoms with van der Waals surface area (Å²) in [7, 11) is 0. The molecule has 0 fully saturated rings. The van der Waals surface area contributed by atoms with E-state index in [9.17, 15) is 4.48 Å². The van der Waals surface area contributed by atoms with Crippen molar-refractivity contribution in [2.75, 3.05) is 13.1 Å². The highest BCUT2D eigenvalue weighted by Gasteiger charge is 2.32. The van der Waals surface area contributed by atoms with Gasteiger partial charge in [0.25, 0.3) is 0 Å². The van der Waals surface area contributed by atoms with Crippen LogP contribution in [0.2, 0.25) is 0 Å². The Labute approximate surface area is 173 Å². The number of allylic oxidation sites excluding steroid dienone is 3. The van der Waals surface area contributed by atoms with Crippen LogP contribution in [0.4, 0.5) is 4.48 Å². The number of likely N-dealkylation sites (N-methyl/N-ethyl adjacent to an activating group) is 1. The first-order valence-corrected chi connectivity index (χ1v) is 10.9. The zero-order chi connectivity index (χ0) is 20.2. The number of nitrogens with zero attached hydrogens (tertiary/aromatic N) is 1. The minimum absolute atomic E-state index is 0.156. The third kappa shape index (κ3) is 4.52. The molecule has 0 aromatic heterocycles. The second-order valence-electron chi connectivity index (χ2n) is 8.25. The molecule has 2 unspecified atom stereocenters. The van der Waals surface area contributed by atoms with E-state index < -0.39 is 0 Å². The Morgan fingerprint density at radius 3 is 2.48 bits per heavy atom. The molecule has 3 heteroatoms. The van der Waals surface area contributed by atoms with Gasteiger partial charge in [-0.15, -0.1) is 9.60 Å². The van der Waals surface area contributed by atoms with Gasteiger partial charge in [-0.3, -0.25) is 0 Å². The second kappa shape index (κ2) is 9.06. The van der Waals surface area contributed by atoms with Crippen molar-refractivity contribution in [3.63, 3.8) is 0 Å². The molecule has 0 amide bonds. The first kappa shape index (κ1) is 20.1. The molecule has 2 aliphatic rings. The summed E-state index contributed by atoms with van der Waals surface area (Å²) in [5.74, 6) is 0.412. The van der Waals surface area contributed by atoms with Gasteiger partial charge in [-0.05, 0) is 66.9 Å². The van der Waals surface area contributed by atoms with Crippen LogP contribution in [0, 0.1) is 5.92 Å². The Morgan fingerprint density at radius 2 is 1.76 bits per heavy atom. The van der Waals surface area contributed by atoms with E-state index in [4.69, 9.17) is 5.73 Å². The highest BCUT2D eigenvalue weighted by atomic mass is 19.2. The average molecular weight is 391 g/mol. The minimum Gasteiger partial charge on any atom is -0.324 e. The molecule has 0 spiro atoms. The molecule has 0 saturated carbocycles. The zero-order valence-corrected chi connectivity index (χ0v) is 17.3.